The van der Waals surface area contributed by atoms with Crippen LogP contribution in [0.25, 0.3) is 0 Å². The number of hydrogen-bond donors (Lipinski definition) is 1. The van der Waals surface area contributed by atoms with Crippen LogP contribution in [-0.4, -0.2) is 70.5 Å². The highest BCUT2D eigenvalue weighted by Crippen LogP contribution is 2.32. The smallest absolute Gasteiger partial charge is 0.255 e. The lowest BCUT2D eigenvalue weighted by atomic mass is 9.96. The molecule has 1 atom stereocenters. The van der Waals surface area contributed by atoms with Crippen LogP contribution in [0.5, 0.6) is 0 Å². The zero-order valence-electron chi connectivity index (χ0n) is 22.2. The van der Waals surface area contributed by atoms with Crippen LogP contribution >= 0.6 is 23.2 Å². The topological polar surface area (TPSA) is 90.0 Å². The van der Waals surface area contributed by atoms with Crippen molar-refractivity contribution >= 4 is 46.8 Å². The van der Waals surface area contributed by atoms with Crippen molar-refractivity contribution in [2.75, 3.05) is 26.2 Å². The lowest BCUT2D eigenvalue weighted by Crippen LogP contribution is -2.52. The zero-order chi connectivity index (χ0) is 28.7. The minimum Gasteiger partial charge on any atom is -0.336 e. The molecule has 0 saturated carbocycles. The number of nitrogens with zero attached hydrogens (tertiary/aromatic N) is 3. The molecule has 41 heavy (non-hydrogen) atoms. The predicted molar refractivity (Wildman–Crippen MR) is 155 cm³/mol. The minimum absolute atomic E-state index is 0.0161. The highest BCUT2D eigenvalue weighted by Gasteiger charge is 2.39. The SMILES string of the molecule is O=C1CCC(N2Cc3ccc(C(=O)N4CCN(C(c5ccc(Cl)cc5)c5ccc(Cl)cc5)CC4)cc3C2=O)C(=O)N1. The first-order chi connectivity index (χ1) is 19.8. The lowest BCUT2D eigenvalue weighted by molar-refractivity contribution is -0.136. The quantitative estimate of drug-likeness (QED) is 0.447. The van der Waals surface area contributed by atoms with Gasteiger partial charge in [0.2, 0.25) is 11.8 Å². The molecule has 1 N–H and O–H groups in total. The van der Waals surface area contributed by atoms with Crippen LogP contribution in [-0.2, 0) is 16.1 Å². The van der Waals surface area contributed by atoms with E-state index < -0.39 is 11.9 Å². The molecule has 3 aliphatic rings. The minimum atomic E-state index is -0.686. The van der Waals surface area contributed by atoms with Crippen LogP contribution in [0.2, 0.25) is 10.0 Å². The molecule has 210 valence electrons. The first-order valence-corrected chi connectivity index (χ1v) is 14.4. The molecule has 0 radical (unpaired) electrons. The summed E-state index contributed by atoms with van der Waals surface area (Å²) in [6, 6.07) is 20.1. The van der Waals surface area contributed by atoms with Crippen LogP contribution in [0.15, 0.2) is 66.7 Å². The summed E-state index contributed by atoms with van der Waals surface area (Å²) in [6.07, 6.45) is 0.497. The Kier molecular flexibility index (Phi) is 7.55. The van der Waals surface area contributed by atoms with E-state index in [1.165, 1.54) is 4.90 Å². The number of carbonyl (C=O) groups excluding carboxylic acids is 4. The predicted octanol–water partition coefficient (Wildman–Crippen LogP) is 4.30. The molecule has 2 fully saturated rings. The number of benzene rings is 3. The summed E-state index contributed by atoms with van der Waals surface area (Å²) >= 11 is 12.3. The zero-order valence-corrected chi connectivity index (χ0v) is 23.7. The standard InChI is InChI=1S/C31H28Cl2N4O4/c32-23-7-3-19(4-8-23)28(20-5-9-24(33)10-6-20)35-13-15-36(16-14-35)30(40)21-1-2-22-18-37(31(41)25(22)17-21)26-11-12-27(38)34-29(26)39/h1-10,17,26,28H,11-16,18H2,(H,34,38,39). The maximum Gasteiger partial charge on any atom is 0.255 e. The van der Waals surface area contributed by atoms with Crippen molar-refractivity contribution in [3.05, 3.63) is 105 Å². The number of piperidine rings is 1. The molecule has 3 aromatic rings. The number of rotatable bonds is 5. The van der Waals surface area contributed by atoms with Gasteiger partial charge in [-0.1, -0.05) is 53.5 Å². The van der Waals surface area contributed by atoms with Crippen LogP contribution in [0.3, 0.4) is 0 Å². The van der Waals surface area contributed by atoms with Gasteiger partial charge in [0.1, 0.15) is 6.04 Å². The van der Waals surface area contributed by atoms with Gasteiger partial charge in [0.15, 0.2) is 0 Å². The molecule has 2 saturated heterocycles. The molecular weight excluding hydrogens is 563 g/mol. The molecule has 1 unspecified atom stereocenters. The second-order valence-corrected chi connectivity index (χ2v) is 11.5. The maximum absolute atomic E-state index is 13.5. The highest BCUT2D eigenvalue weighted by atomic mass is 35.5. The number of amides is 4. The molecule has 3 heterocycles. The summed E-state index contributed by atoms with van der Waals surface area (Å²) in [7, 11) is 0. The van der Waals surface area contributed by atoms with Gasteiger partial charge in [-0.25, -0.2) is 0 Å². The monoisotopic (exact) mass is 590 g/mol. The number of imide groups is 1. The highest BCUT2D eigenvalue weighted by molar-refractivity contribution is 6.30. The second kappa shape index (κ2) is 11.3. The van der Waals surface area contributed by atoms with E-state index in [0.29, 0.717) is 53.8 Å². The van der Waals surface area contributed by atoms with Crippen LogP contribution in [0.1, 0.15) is 56.3 Å². The Morgan fingerprint density at radius 1 is 0.829 bits per heavy atom. The average molecular weight is 591 g/mol. The number of piperazine rings is 1. The molecule has 3 aromatic carbocycles. The van der Waals surface area contributed by atoms with Crippen molar-refractivity contribution in [1.82, 2.24) is 20.0 Å². The van der Waals surface area contributed by atoms with E-state index >= 15 is 0 Å². The Balaban J connectivity index is 1.15. The van der Waals surface area contributed by atoms with Crippen molar-refractivity contribution in [3.8, 4) is 0 Å². The molecule has 0 bridgehead atoms. The fourth-order valence-corrected chi connectivity index (χ4v) is 6.21. The van der Waals surface area contributed by atoms with Gasteiger partial charge in [0, 0.05) is 60.3 Å². The second-order valence-electron chi connectivity index (χ2n) is 10.6. The van der Waals surface area contributed by atoms with Gasteiger partial charge < -0.3 is 9.80 Å². The van der Waals surface area contributed by atoms with Crippen molar-refractivity contribution in [1.29, 1.82) is 0 Å². The fraction of sp³-hybridized carbons (Fsp3) is 0.290. The van der Waals surface area contributed by atoms with Gasteiger partial charge in [-0.05, 0) is 59.5 Å². The van der Waals surface area contributed by atoms with E-state index in [-0.39, 0.29) is 36.7 Å². The maximum atomic E-state index is 13.5. The van der Waals surface area contributed by atoms with Crippen molar-refractivity contribution < 1.29 is 19.2 Å². The van der Waals surface area contributed by atoms with Gasteiger partial charge in [-0.2, -0.15) is 0 Å². The van der Waals surface area contributed by atoms with Gasteiger partial charge in [0.25, 0.3) is 11.8 Å². The third kappa shape index (κ3) is 5.47. The Hall–Kier alpha value is -3.72. The molecule has 10 heteroatoms. The molecule has 0 aromatic heterocycles. The largest absolute Gasteiger partial charge is 0.336 e. The third-order valence-corrected chi connectivity index (χ3v) is 8.62. The molecule has 6 rings (SSSR count). The fourth-order valence-electron chi connectivity index (χ4n) is 5.96. The first-order valence-electron chi connectivity index (χ1n) is 13.6. The van der Waals surface area contributed by atoms with Gasteiger partial charge in [0.05, 0.1) is 6.04 Å². The Morgan fingerprint density at radius 3 is 2.02 bits per heavy atom. The molecular formula is C31H28Cl2N4O4. The van der Waals surface area contributed by atoms with Crippen LogP contribution in [0.4, 0.5) is 0 Å². The van der Waals surface area contributed by atoms with Crippen LogP contribution in [0, 0.1) is 0 Å². The van der Waals surface area contributed by atoms with Gasteiger partial charge >= 0.3 is 0 Å². The van der Waals surface area contributed by atoms with Crippen molar-refractivity contribution in [3.63, 3.8) is 0 Å². The van der Waals surface area contributed by atoms with E-state index in [1.54, 1.807) is 18.2 Å². The molecule has 4 amide bonds. The normalized spacial score (nSPS) is 19.5. The summed E-state index contributed by atoms with van der Waals surface area (Å²) in [4.78, 5) is 56.3. The molecule has 0 aliphatic carbocycles. The summed E-state index contributed by atoms with van der Waals surface area (Å²) in [6.45, 7) is 2.67. The first kappa shape index (κ1) is 27.4. The number of nitrogens with one attached hydrogen (secondary N) is 1. The summed E-state index contributed by atoms with van der Waals surface area (Å²) in [5.74, 6) is -1.19. The molecule has 8 nitrogen and oxygen atoms in total. The number of hydrogen-bond acceptors (Lipinski definition) is 5. The Labute approximate surface area is 247 Å². The van der Waals surface area contributed by atoms with E-state index in [0.717, 1.165) is 16.7 Å². The third-order valence-electron chi connectivity index (χ3n) is 8.11. The van der Waals surface area contributed by atoms with Gasteiger partial charge in [-0.3, -0.25) is 29.4 Å². The van der Waals surface area contributed by atoms with Gasteiger partial charge in [-0.15, -0.1) is 0 Å². The summed E-state index contributed by atoms with van der Waals surface area (Å²) < 4.78 is 0. The lowest BCUT2D eigenvalue weighted by Gasteiger charge is -2.40. The summed E-state index contributed by atoms with van der Waals surface area (Å²) in [5, 5.41) is 3.66. The summed E-state index contributed by atoms with van der Waals surface area (Å²) in [5.41, 5.74) is 3.87. The van der Waals surface area contributed by atoms with E-state index in [1.807, 2.05) is 53.4 Å². The average Bonchev–Trinajstić information content (AvgIpc) is 3.30. The van der Waals surface area contributed by atoms with E-state index in [2.05, 4.69) is 10.2 Å². The number of fused-ring (bicyclic) bond motifs is 1. The Bertz CT molecular complexity index is 1470. The number of halogens is 2. The van der Waals surface area contributed by atoms with Crippen molar-refractivity contribution in [2.24, 2.45) is 0 Å². The van der Waals surface area contributed by atoms with E-state index in [9.17, 15) is 19.2 Å². The van der Waals surface area contributed by atoms with E-state index in [4.69, 9.17) is 23.2 Å². The Morgan fingerprint density at radius 2 is 1.44 bits per heavy atom. The van der Waals surface area contributed by atoms with Crippen molar-refractivity contribution in [2.45, 2.75) is 31.5 Å². The molecule has 3 aliphatic heterocycles. The number of carbonyl (C=O) groups is 4. The van der Waals surface area contributed by atoms with Crippen LogP contribution < -0.4 is 5.32 Å². The molecule has 0 spiro atoms.